The first-order valence-corrected chi connectivity index (χ1v) is 10.4. The van der Waals surface area contributed by atoms with Crippen LogP contribution >= 0.6 is 0 Å². The lowest BCUT2D eigenvalue weighted by atomic mass is 10.1. The number of methoxy groups -OCH3 is 1. The Morgan fingerprint density at radius 2 is 1.97 bits per heavy atom. The first-order valence-electron chi connectivity index (χ1n) is 10.4. The third-order valence-corrected chi connectivity index (χ3v) is 5.00. The number of hydrogen-bond donors (Lipinski definition) is 2. The molecule has 7 nitrogen and oxygen atoms in total. The van der Waals surface area contributed by atoms with Gasteiger partial charge in [-0.25, -0.2) is 9.97 Å². The SMILES string of the molecule is COc1cccc(NC(=O)c2cnc(NCCCOC3CCCCCC3)cn2)c1. The van der Waals surface area contributed by atoms with Crippen LogP contribution in [0.2, 0.25) is 0 Å². The molecule has 156 valence electrons. The van der Waals surface area contributed by atoms with Crippen LogP contribution in [0, 0.1) is 0 Å². The number of anilines is 2. The van der Waals surface area contributed by atoms with E-state index in [4.69, 9.17) is 9.47 Å². The summed E-state index contributed by atoms with van der Waals surface area (Å²) in [6.45, 7) is 1.52. The summed E-state index contributed by atoms with van der Waals surface area (Å²) < 4.78 is 11.1. The molecule has 1 aromatic carbocycles. The number of nitrogens with zero attached hydrogens (tertiary/aromatic N) is 2. The Hall–Kier alpha value is -2.67. The van der Waals surface area contributed by atoms with Crippen molar-refractivity contribution in [3.63, 3.8) is 0 Å². The zero-order valence-electron chi connectivity index (χ0n) is 17.0. The number of benzene rings is 1. The van der Waals surface area contributed by atoms with Crippen molar-refractivity contribution in [2.75, 3.05) is 30.9 Å². The van der Waals surface area contributed by atoms with Gasteiger partial charge in [0.25, 0.3) is 5.91 Å². The Kier molecular flexibility index (Phi) is 8.25. The predicted molar refractivity (Wildman–Crippen MR) is 114 cm³/mol. The molecule has 1 fully saturated rings. The Morgan fingerprint density at radius 3 is 2.69 bits per heavy atom. The molecule has 1 amide bonds. The van der Waals surface area contributed by atoms with Gasteiger partial charge in [0.2, 0.25) is 0 Å². The van der Waals surface area contributed by atoms with Gasteiger partial charge in [0.15, 0.2) is 0 Å². The average Bonchev–Trinajstić information content (AvgIpc) is 3.03. The molecule has 29 heavy (non-hydrogen) atoms. The molecule has 3 rings (SSSR count). The molecule has 1 aliphatic carbocycles. The summed E-state index contributed by atoms with van der Waals surface area (Å²) in [5.41, 5.74) is 0.905. The fraction of sp³-hybridized carbons (Fsp3) is 0.500. The molecule has 1 heterocycles. The van der Waals surface area contributed by atoms with Gasteiger partial charge in [-0.15, -0.1) is 0 Å². The molecule has 0 saturated heterocycles. The van der Waals surface area contributed by atoms with Crippen molar-refractivity contribution in [1.82, 2.24) is 9.97 Å². The molecule has 1 aliphatic rings. The molecule has 2 N–H and O–H groups in total. The summed E-state index contributed by atoms with van der Waals surface area (Å²) in [4.78, 5) is 20.8. The molecule has 2 aromatic rings. The number of amides is 1. The highest BCUT2D eigenvalue weighted by atomic mass is 16.5. The maximum absolute atomic E-state index is 12.3. The van der Waals surface area contributed by atoms with E-state index in [0.717, 1.165) is 19.6 Å². The van der Waals surface area contributed by atoms with E-state index >= 15 is 0 Å². The summed E-state index contributed by atoms with van der Waals surface area (Å²) in [7, 11) is 1.58. The minimum absolute atomic E-state index is 0.259. The number of nitrogens with one attached hydrogen (secondary N) is 2. The Balaban J connectivity index is 1.38. The highest BCUT2D eigenvalue weighted by Crippen LogP contribution is 2.20. The second kappa shape index (κ2) is 11.4. The van der Waals surface area contributed by atoms with Gasteiger partial charge in [0, 0.05) is 24.9 Å². The number of carbonyl (C=O) groups excluding carboxylic acids is 1. The van der Waals surface area contributed by atoms with Gasteiger partial charge in [0.05, 0.1) is 25.6 Å². The van der Waals surface area contributed by atoms with Crippen LogP contribution in [0.25, 0.3) is 0 Å². The van der Waals surface area contributed by atoms with E-state index in [1.54, 1.807) is 25.4 Å². The van der Waals surface area contributed by atoms with Crippen molar-refractivity contribution in [3.05, 3.63) is 42.4 Å². The summed E-state index contributed by atoms with van der Waals surface area (Å²) in [6.07, 6.45) is 12.0. The molecule has 0 aliphatic heterocycles. The van der Waals surface area contributed by atoms with Crippen LogP contribution in [0.3, 0.4) is 0 Å². The van der Waals surface area contributed by atoms with Gasteiger partial charge >= 0.3 is 0 Å². The minimum atomic E-state index is -0.311. The van der Waals surface area contributed by atoms with Crippen LogP contribution in [-0.2, 0) is 4.74 Å². The quantitative estimate of drug-likeness (QED) is 0.484. The van der Waals surface area contributed by atoms with Crippen molar-refractivity contribution in [2.24, 2.45) is 0 Å². The van der Waals surface area contributed by atoms with Crippen LogP contribution in [0.1, 0.15) is 55.4 Å². The first kappa shape index (κ1) is 21.0. The molecule has 1 saturated carbocycles. The second-order valence-corrected chi connectivity index (χ2v) is 7.24. The highest BCUT2D eigenvalue weighted by molar-refractivity contribution is 6.02. The number of rotatable bonds is 9. The van der Waals surface area contributed by atoms with E-state index in [1.165, 1.54) is 44.7 Å². The van der Waals surface area contributed by atoms with Crippen molar-refractivity contribution in [2.45, 2.75) is 51.0 Å². The van der Waals surface area contributed by atoms with Gasteiger partial charge < -0.3 is 20.1 Å². The summed E-state index contributed by atoms with van der Waals surface area (Å²) in [5.74, 6) is 1.02. The van der Waals surface area contributed by atoms with Crippen LogP contribution in [-0.4, -0.2) is 42.2 Å². The van der Waals surface area contributed by atoms with Crippen molar-refractivity contribution >= 4 is 17.4 Å². The normalized spacial score (nSPS) is 14.8. The number of ether oxygens (including phenoxy) is 2. The van der Waals surface area contributed by atoms with E-state index in [0.29, 0.717) is 23.4 Å². The van der Waals surface area contributed by atoms with E-state index in [1.807, 2.05) is 12.1 Å². The Morgan fingerprint density at radius 1 is 1.14 bits per heavy atom. The first-order chi connectivity index (χ1) is 14.2. The van der Waals surface area contributed by atoms with Crippen molar-refractivity contribution in [3.8, 4) is 5.75 Å². The lowest BCUT2D eigenvalue weighted by molar-refractivity contribution is 0.0431. The van der Waals surface area contributed by atoms with E-state index in [9.17, 15) is 4.79 Å². The molecule has 0 spiro atoms. The van der Waals surface area contributed by atoms with E-state index in [2.05, 4.69) is 20.6 Å². The minimum Gasteiger partial charge on any atom is -0.497 e. The molecule has 0 bridgehead atoms. The summed E-state index contributed by atoms with van der Waals surface area (Å²) in [6, 6.07) is 7.17. The van der Waals surface area contributed by atoms with Crippen LogP contribution in [0.15, 0.2) is 36.7 Å². The topological polar surface area (TPSA) is 85.4 Å². The number of aromatic nitrogens is 2. The van der Waals surface area contributed by atoms with Gasteiger partial charge in [0.1, 0.15) is 17.3 Å². The van der Waals surface area contributed by atoms with Gasteiger partial charge in [-0.3, -0.25) is 4.79 Å². The molecular weight excluding hydrogens is 368 g/mol. The summed E-state index contributed by atoms with van der Waals surface area (Å²) >= 11 is 0. The molecule has 7 heteroatoms. The zero-order valence-corrected chi connectivity index (χ0v) is 17.0. The second-order valence-electron chi connectivity index (χ2n) is 7.24. The van der Waals surface area contributed by atoms with Crippen LogP contribution < -0.4 is 15.4 Å². The largest absolute Gasteiger partial charge is 0.497 e. The van der Waals surface area contributed by atoms with E-state index in [-0.39, 0.29) is 11.6 Å². The number of hydrogen-bond acceptors (Lipinski definition) is 6. The molecule has 0 radical (unpaired) electrons. The molecule has 1 aromatic heterocycles. The maximum Gasteiger partial charge on any atom is 0.275 e. The smallest absolute Gasteiger partial charge is 0.275 e. The zero-order chi connectivity index (χ0) is 20.3. The van der Waals surface area contributed by atoms with Gasteiger partial charge in [-0.05, 0) is 31.4 Å². The molecule has 0 unspecified atom stereocenters. The molecular formula is C22H30N4O3. The van der Waals surface area contributed by atoms with E-state index < -0.39 is 0 Å². The van der Waals surface area contributed by atoms with Crippen molar-refractivity contribution in [1.29, 1.82) is 0 Å². The average molecular weight is 399 g/mol. The third kappa shape index (κ3) is 7.02. The lowest BCUT2D eigenvalue weighted by Gasteiger charge is -2.15. The highest BCUT2D eigenvalue weighted by Gasteiger charge is 2.12. The standard InChI is InChI=1S/C22H30N4O3/c1-28-19-11-6-8-17(14-19)26-22(27)20-15-25-21(16-24-20)23-12-7-13-29-18-9-4-2-3-5-10-18/h6,8,11,14-16,18H,2-5,7,9-10,12-13H2,1H3,(H,23,25)(H,26,27). The fourth-order valence-electron chi connectivity index (χ4n) is 3.38. The third-order valence-electron chi connectivity index (χ3n) is 5.00. The van der Waals surface area contributed by atoms with Crippen LogP contribution in [0.4, 0.5) is 11.5 Å². The van der Waals surface area contributed by atoms with Gasteiger partial charge in [-0.2, -0.15) is 0 Å². The number of carbonyl (C=O) groups is 1. The predicted octanol–water partition coefficient (Wildman–Crippen LogP) is 4.28. The van der Waals surface area contributed by atoms with Gasteiger partial charge in [-0.1, -0.05) is 31.7 Å². The monoisotopic (exact) mass is 398 g/mol. The fourth-order valence-corrected chi connectivity index (χ4v) is 3.38. The molecule has 0 atom stereocenters. The maximum atomic E-state index is 12.3. The Bertz CT molecular complexity index is 759. The van der Waals surface area contributed by atoms with Crippen molar-refractivity contribution < 1.29 is 14.3 Å². The summed E-state index contributed by atoms with van der Waals surface area (Å²) in [5, 5.41) is 6.01. The lowest BCUT2D eigenvalue weighted by Crippen LogP contribution is -2.16. The van der Waals surface area contributed by atoms with Crippen LogP contribution in [0.5, 0.6) is 5.75 Å². The Labute approximate surface area is 172 Å².